The minimum atomic E-state index is -0.181. The second kappa shape index (κ2) is 8.56. The molecule has 0 spiro atoms. The Balaban J connectivity index is 1.82. The highest BCUT2D eigenvalue weighted by Crippen LogP contribution is 2.33. The Morgan fingerprint density at radius 1 is 0.962 bits per heavy atom. The lowest BCUT2D eigenvalue weighted by atomic mass is 10.2. The van der Waals surface area contributed by atoms with Crippen LogP contribution < -0.4 is 10.1 Å². The molecule has 0 saturated heterocycles. The van der Waals surface area contributed by atoms with Gasteiger partial charge in [-0.1, -0.05) is 42.1 Å². The molecule has 0 fully saturated rings. The molecule has 5 heteroatoms. The van der Waals surface area contributed by atoms with Crippen LogP contribution in [0.5, 0.6) is 5.75 Å². The highest BCUT2D eigenvalue weighted by Gasteiger charge is 2.13. The Hall–Kier alpha value is -2.76. The van der Waals surface area contributed by atoms with Crippen LogP contribution in [0.1, 0.15) is 15.9 Å². The van der Waals surface area contributed by atoms with Gasteiger partial charge in [-0.25, -0.2) is 0 Å². The second-order valence-electron chi connectivity index (χ2n) is 5.55. The molecule has 26 heavy (non-hydrogen) atoms. The van der Waals surface area contributed by atoms with Gasteiger partial charge in [0.25, 0.3) is 5.91 Å². The van der Waals surface area contributed by atoms with Crippen molar-refractivity contribution in [2.45, 2.75) is 16.4 Å². The maximum atomic E-state index is 12.7. The molecule has 0 saturated carbocycles. The van der Waals surface area contributed by atoms with E-state index in [4.69, 9.17) is 4.74 Å². The molecule has 3 aromatic rings. The largest absolute Gasteiger partial charge is 0.497 e. The van der Waals surface area contributed by atoms with E-state index in [1.54, 1.807) is 37.4 Å². The van der Waals surface area contributed by atoms with Crippen LogP contribution in [0.4, 0.5) is 5.69 Å². The first kappa shape index (κ1) is 18.0. The summed E-state index contributed by atoms with van der Waals surface area (Å²) in [6, 6.07) is 22.3. The van der Waals surface area contributed by atoms with E-state index in [-0.39, 0.29) is 12.5 Å². The lowest BCUT2D eigenvalue weighted by Gasteiger charge is -2.12. The molecule has 0 aliphatic heterocycles. The minimum absolute atomic E-state index is 0.0383. The first-order valence-electron chi connectivity index (χ1n) is 8.12. The van der Waals surface area contributed by atoms with Crippen LogP contribution >= 0.6 is 11.8 Å². The van der Waals surface area contributed by atoms with E-state index in [0.717, 1.165) is 21.1 Å². The van der Waals surface area contributed by atoms with Gasteiger partial charge in [0, 0.05) is 15.5 Å². The van der Waals surface area contributed by atoms with E-state index < -0.39 is 0 Å². The number of nitrogens with one attached hydrogen (secondary N) is 1. The standard InChI is InChI=1S/C21H19NO3S/c1-25-17-12-10-16(11-13-17)22-21(24)18-7-3-5-9-20(18)26-19-8-4-2-6-15(19)14-23/h2-13,23H,14H2,1H3,(H,22,24). The molecule has 0 aromatic heterocycles. The van der Waals surface area contributed by atoms with Crippen LogP contribution in [0.2, 0.25) is 0 Å². The van der Waals surface area contributed by atoms with Crippen molar-refractivity contribution in [1.82, 2.24) is 0 Å². The number of aliphatic hydroxyl groups is 1. The zero-order valence-corrected chi connectivity index (χ0v) is 15.1. The second-order valence-corrected chi connectivity index (χ2v) is 6.63. The number of amides is 1. The summed E-state index contributed by atoms with van der Waals surface area (Å²) in [5.41, 5.74) is 2.12. The number of hydrogen-bond acceptors (Lipinski definition) is 4. The number of carbonyl (C=O) groups is 1. The van der Waals surface area contributed by atoms with Crippen LogP contribution in [0.3, 0.4) is 0 Å². The van der Waals surface area contributed by atoms with Gasteiger partial charge in [0.1, 0.15) is 5.75 Å². The van der Waals surface area contributed by atoms with Crippen molar-refractivity contribution in [3.63, 3.8) is 0 Å². The third kappa shape index (κ3) is 4.25. The van der Waals surface area contributed by atoms with Crippen LogP contribution in [0, 0.1) is 0 Å². The molecule has 0 radical (unpaired) electrons. The SMILES string of the molecule is COc1ccc(NC(=O)c2ccccc2Sc2ccccc2CO)cc1. The summed E-state index contributed by atoms with van der Waals surface area (Å²) in [5.74, 6) is 0.555. The molecule has 132 valence electrons. The van der Waals surface area contributed by atoms with E-state index in [0.29, 0.717) is 11.3 Å². The summed E-state index contributed by atoms with van der Waals surface area (Å²) in [5, 5.41) is 12.4. The van der Waals surface area contributed by atoms with Crippen molar-refractivity contribution in [1.29, 1.82) is 0 Å². The lowest BCUT2D eigenvalue weighted by Crippen LogP contribution is -2.12. The topological polar surface area (TPSA) is 58.6 Å². The van der Waals surface area contributed by atoms with Crippen molar-refractivity contribution in [2.24, 2.45) is 0 Å². The van der Waals surface area contributed by atoms with Crippen LogP contribution in [-0.2, 0) is 6.61 Å². The number of benzene rings is 3. The van der Waals surface area contributed by atoms with Gasteiger partial charge >= 0.3 is 0 Å². The van der Waals surface area contributed by atoms with Crippen molar-refractivity contribution in [2.75, 3.05) is 12.4 Å². The Morgan fingerprint density at radius 3 is 2.31 bits per heavy atom. The Morgan fingerprint density at radius 2 is 1.62 bits per heavy atom. The molecule has 0 unspecified atom stereocenters. The maximum Gasteiger partial charge on any atom is 0.256 e. The quantitative estimate of drug-likeness (QED) is 0.671. The zero-order chi connectivity index (χ0) is 18.4. The van der Waals surface area contributed by atoms with Crippen molar-refractivity contribution < 1.29 is 14.6 Å². The van der Waals surface area contributed by atoms with E-state index in [9.17, 15) is 9.90 Å². The molecule has 0 bridgehead atoms. The summed E-state index contributed by atoms with van der Waals surface area (Å²) in [6.07, 6.45) is 0. The fourth-order valence-electron chi connectivity index (χ4n) is 2.47. The number of hydrogen-bond donors (Lipinski definition) is 2. The van der Waals surface area contributed by atoms with Gasteiger partial charge in [-0.3, -0.25) is 4.79 Å². The molecule has 0 aliphatic carbocycles. The van der Waals surface area contributed by atoms with Gasteiger partial charge in [0.05, 0.1) is 19.3 Å². The molecule has 4 nitrogen and oxygen atoms in total. The first-order chi connectivity index (χ1) is 12.7. The smallest absolute Gasteiger partial charge is 0.256 e. The average Bonchev–Trinajstić information content (AvgIpc) is 2.69. The number of carbonyl (C=O) groups excluding carboxylic acids is 1. The summed E-state index contributed by atoms with van der Waals surface area (Å²) in [7, 11) is 1.60. The first-order valence-corrected chi connectivity index (χ1v) is 8.94. The van der Waals surface area contributed by atoms with Gasteiger partial charge in [-0.15, -0.1) is 0 Å². The van der Waals surface area contributed by atoms with Gasteiger partial charge in [0.15, 0.2) is 0 Å². The average molecular weight is 365 g/mol. The molecular formula is C21H19NO3S. The van der Waals surface area contributed by atoms with Gasteiger partial charge in [-0.2, -0.15) is 0 Å². The highest BCUT2D eigenvalue weighted by molar-refractivity contribution is 7.99. The molecule has 2 N–H and O–H groups in total. The van der Waals surface area contributed by atoms with Gasteiger partial charge in [-0.05, 0) is 48.0 Å². The Bertz CT molecular complexity index is 894. The van der Waals surface area contributed by atoms with Crippen LogP contribution in [-0.4, -0.2) is 18.1 Å². The molecular weight excluding hydrogens is 346 g/mol. The highest BCUT2D eigenvalue weighted by atomic mass is 32.2. The molecule has 3 rings (SSSR count). The molecule has 0 atom stereocenters. The fourth-order valence-corrected chi connectivity index (χ4v) is 3.53. The van der Waals surface area contributed by atoms with Crippen molar-refractivity contribution in [3.8, 4) is 5.75 Å². The van der Waals surface area contributed by atoms with Gasteiger partial charge < -0.3 is 15.2 Å². The number of ether oxygens (including phenoxy) is 1. The maximum absolute atomic E-state index is 12.7. The fraction of sp³-hybridized carbons (Fsp3) is 0.0952. The van der Waals surface area contributed by atoms with Gasteiger partial charge in [0.2, 0.25) is 0 Å². The monoisotopic (exact) mass is 365 g/mol. The molecule has 0 heterocycles. The number of methoxy groups -OCH3 is 1. The van der Waals surface area contributed by atoms with Crippen LogP contribution in [0.15, 0.2) is 82.6 Å². The Kier molecular flexibility index (Phi) is 5.94. The van der Waals surface area contributed by atoms with Crippen LogP contribution in [0.25, 0.3) is 0 Å². The summed E-state index contributed by atoms with van der Waals surface area (Å²) >= 11 is 1.47. The normalized spacial score (nSPS) is 10.4. The minimum Gasteiger partial charge on any atom is -0.497 e. The van der Waals surface area contributed by atoms with E-state index in [1.807, 2.05) is 42.5 Å². The number of aliphatic hydroxyl groups excluding tert-OH is 1. The van der Waals surface area contributed by atoms with E-state index in [1.165, 1.54) is 11.8 Å². The summed E-state index contributed by atoms with van der Waals surface area (Å²) in [6.45, 7) is -0.0383. The number of anilines is 1. The predicted molar refractivity (Wildman–Crippen MR) is 104 cm³/mol. The van der Waals surface area contributed by atoms with E-state index in [2.05, 4.69) is 5.32 Å². The lowest BCUT2D eigenvalue weighted by molar-refractivity contribution is 0.102. The number of rotatable bonds is 6. The predicted octanol–water partition coefficient (Wildman–Crippen LogP) is 4.59. The molecule has 3 aromatic carbocycles. The third-order valence-corrected chi connectivity index (χ3v) is 5.04. The molecule has 1 amide bonds. The summed E-state index contributed by atoms with van der Waals surface area (Å²) in [4.78, 5) is 14.5. The van der Waals surface area contributed by atoms with Crippen molar-refractivity contribution >= 4 is 23.4 Å². The molecule has 0 aliphatic rings. The zero-order valence-electron chi connectivity index (χ0n) is 14.3. The Labute approximate surface area is 156 Å². The van der Waals surface area contributed by atoms with Crippen molar-refractivity contribution in [3.05, 3.63) is 83.9 Å². The summed E-state index contributed by atoms with van der Waals surface area (Å²) < 4.78 is 5.13. The third-order valence-electron chi connectivity index (χ3n) is 3.84. The van der Waals surface area contributed by atoms with E-state index >= 15 is 0 Å².